The van der Waals surface area contributed by atoms with E-state index in [1.165, 1.54) is 47.4 Å². The van der Waals surface area contributed by atoms with E-state index in [0.717, 1.165) is 0 Å². The summed E-state index contributed by atoms with van der Waals surface area (Å²) in [5.74, 6) is 0.657. The molecule has 31 heavy (non-hydrogen) atoms. The highest BCUT2D eigenvalue weighted by Crippen LogP contribution is 2.28. The molecule has 10 heteroatoms. The second-order valence-electron chi connectivity index (χ2n) is 6.78. The molecule has 0 aliphatic carbocycles. The quantitative estimate of drug-likeness (QED) is 0.570. The number of rotatable bonds is 9. The Hall–Kier alpha value is -2.14. The number of halogens is 1. The Labute approximate surface area is 186 Å². The third-order valence-corrected chi connectivity index (χ3v) is 7.69. The molecule has 2 aromatic rings. The van der Waals surface area contributed by atoms with E-state index >= 15 is 0 Å². The summed E-state index contributed by atoms with van der Waals surface area (Å²) >= 11 is 1.50. The molecule has 1 amide bonds. The molecule has 1 aliphatic heterocycles. The van der Waals surface area contributed by atoms with Gasteiger partial charge in [0, 0.05) is 36.7 Å². The highest BCUT2D eigenvalue weighted by atomic mass is 32.2. The van der Waals surface area contributed by atoms with Crippen molar-refractivity contribution >= 4 is 27.7 Å². The van der Waals surface area contributed by atoms with Crippen molar-refractivity contribution in [2.24, 2.45) is 0 Å². The van der Waals surface area contributed by atoms with Gasteiger partial charge in [0.05, 0.1) is 20.3 Å². The fraction of sp³-hybridized carbons (Fsp3) is 0.381. The molecular weight excluding hydrogens is 443 g/mol. The normalized spacial score (nSPS) is 14.9. The molecule has 7 nitrogen and oxygen atoms in total. The highest BCUT2D eigenvalue weighted by Gasteiger charge is 2.30. The van der Waals surface area contributed by atoms with Gasteiger partial charge in [-0.1, -0.05) is 18.2 Å². The van der Waals surface area contributed by atoms with Gasteiger partial charge in [-0.25, -0.2) is 12.8 Å². The van der Waals surface area contributed by atoms with Gasteiger partial charge in [0.1, 0.15) is 16.5 Å². The lowest BCUT2D eigenvalue weighted by Crippen LogP contribution is -2.40. The van der Waals surface area contributed by atoms with Crippen LogP contribution in [0.25, 0.3) is 0 Å². The predicted octanol–water partition coefficient (Wildman–Crippen LogP) is 2.52. The molecule has 0 bridgehead atoms. The second-order valence-corrected chi connectivity index (χ2v) is 9.79. The number of nitrogens with zero attached hydrogens (tertiary/aromatic N) is 1. The van der Waals surface area contributed by atoms with Crippen molar-refractivity contribution in [2.75, 3.05) is 45.7 Å². The van der Waals surface area contributed by atoms with Crippen LogP contribution in [0.1, 0.15) is 15.9 Å². The summed E-state index contributed by atoms with van der Waals surface area (Å²) in [6, 6.07) is 10.9. The molecular formula is C21H25FN2O5S2. The van der Waals surface area contributed by atoms with E-state index in [1.807, 2.05) is 0 Å². The van der Waals surface area contributed by atoms with Crippen LogP contribution in [0.15, 0.2) is 47.4 Å². The van der Waals surface area contributed by atoms with Crippen molar-refractivity contribution in [3.8, 4) is 5.75 Å². The van der Waals surface area contributed by atoms with Gasteiger partial charge in [-0.2, -0.15) is 16.1 Å². The number of amides is 1. The Balaban J connectivity index is 1.61. The van der Waals surface area contributed by atoms with Crippen molar-refractivity contribution in [1.82, 2.24) is 9.62 Å². The van der Waals surface area contributed by atoms with Gasteiger partial charge in [-0.15, -0.1) is 0 Å². The van der Waals surface area contributed by atoms with Gasteiger partial charge in [-0.05, 0) is 29.8 Å². The lowest BCUT2D eigenvalue weighted by Gasteiger charge is -2.26. The van der Waals surface area contributed by atoms with Crippen LogP contribution in [-0.4, -0.2) is 64.3 Å². The molecule has 1 N–H and O–H groups in total. The lowest BCUT2D eigenvalue weighted by atomic mass is 10.2. The maximum atomic E-state index is 13.6. The number of ether oxygens (including phenoxy) is 2. The summed E-state index contributed by atoms with van der Waals surface area (Å²) in [6.07, 6.45) is 0. The monoisotopic (exact) mass is 468 g/mol. The molecule has 3 rings (SSSR count). The number of sulfonamides is 1. The van der Waals surface area contributed by atoms with E-state index in [1.54, 1.807) is 18.2 Å². The lowest BCUT2D eigenvalue weighted by molar-refractivity contribution is 0.0729. The maximum Gasteiger partial charge on any atom is 0.251 e. The van der Waals surface area contributed by atoms with Gasteiger partial charge in [0.2, 0.25) is 10.0 Å². The molecule has 1 aliphatic rings. The van der Waals surface area contributed by atoms with E-state index in [4.69, 9.17) is 9.47 Å². The second kappa shape index (κ2) is 10.9. The standard InChI is InChI=1S/C21H25FN2O5S2/c1-28-19-7-6-16(14-20(19)31(26,27)24-9-11-29-12-10-24)21(25)23-8-13-30-15-17-4-2-3-5-18(17)22/h2-7,14H,8-13,15H2,1H3,(H,23,25). The van der Waals surface area contributed by atoms with Crippen molar-refractivity contribution in [3.05, 3.63) is 59.4 Å². The largest absolute Gasteiger partial charge is 0.495 e. The number of carbonyl (C=O) groups is 1. The molecule has 0 atom stereocenters. The molecule has 0 saturated carbocycles. The molecule has 1 fully saturated rings. The molecule has 0 spiro atoms. The van der Waals surface area contributed by atoms with Gasteiger partial charge in [0.25, 0.3) is 5.91 Å². The maximum absolute atomic E-state index is 13.6. The third kappa shape index (κ3) is 5.97. The molecule has 2 aromatic carbocycles. The van der Waals surface area contributed by atoms with Gasteiger partial charge in [0.15, 0.2) is 0 Å². The molecule has 1 saturated heterocycles. The fourth-order valence-electron chi connectivity index (χ4n) is 3.08. The third-order valence-electron chi connectivity index (χ3n) is 4.76. The van der Waals surface area contributed by atoms with Crippen molar-refractivity contribution in [2.45, 2.75) is 10.6 Å². The minimum Gasteiger partial charge on any atom is -0.495 e. The summed E-state index contributed by atoms with van der Waals surface area (Å²) < 4.78 is 51.5. The first-order valence-corrected chi connectivity index (χ1v) is 12.4. The first kappa shape index (κ1) is 23.5. The van der Waals surface area contributed by atoms with Crippen LogP contribution >= 0.6 is 11.8 Å². The first-order chi connectivity index (χ1) is 14.9. The van der Waals surface area contributed by atoms with Gasteiger partial charge in [-0.3, -0.25) is 4.79 Å². The van der Waals surface area contributed by atoms with Crippen LogP contribution in [0.4, 0.5) is 4.39 Å². The van der Waals surface area contributed by atoms with Gasteiger partial charge < -0.3 is 14.8 Å². The zero-order valence-electron chi connectivity index (χ0n) is 17.2. The van der Waals surface area contributed by atoms with Crippen molar-refractivity contribution in [1.29, 1.82) is 0 Å². The average molecular weight is 469 g/mol. The first-order valence-electron chi connectivity index (χ1n) is 9.79. The van der Waals surface area contributed by atoms with Crippen molar-refractivity contribution in [3.63, 3.8) is 0 Å². The van der Waals surface area contributed by atoms with E-state index in [9.17, 15) is 17.6 Å². The summed E-state index contributed by atoms with van der Waals surface area (Å²) in [5, 5.41) is 2.77. The van der Waals surface area contributed by atoms with Crippen LogP contribution in [-0.2, 0) is 20.5 Å². The zero-order chi connectivity index (χ0) is 22.3. The van der Waals surface area contributed by atoms with Crippen LogP contribution in [0, 0.1) is 5.82 Å². The van der Waals surface area contributed by atoms with Crippen LogP contribution in [0.2, 0.25) is 0 Å². The van der Waals surface area contributed by atoms with E-state index in [-0.39, 0.29) is 41.0 Å². The summed E-state index contributed by atoms with van der Waals surface area (Å²) in [7, 11) is -2.43. The van der Waals surface area contributed by atoms with Crippen LogP contribution < -0.4 is 10.1 Å². The van der Waals surface area contributed by atoms with E-state index in [0.29, 0.717) is 36.8 Å². The minimum atomic E-state index is -3.82. The van der Waals surface area contributed by atoms with Gasteiger partial charge >= 0.3 is 0 Å². The molecule has 168 valence electrons. The number of benzene rings is 2. The topological polar surface area (TPSA) is 84.9 Å². The number of thioether (sulfide) groups is 1. The highest BCUT2D eigenvalue weighted by molar-refractivity contribution is 7.98. The Morgan fingerprint density at radius 2 is 1.97 bits per heavy atom. The molecule has 0 aromatic heterocycles. The van der Waals surface area contributed by atoms with Crippen molar-refractivity contribution < 1.29 is 27.1 Å². The minimum absolute atomic E-state index is 0.0431. The Kier molecular flexibility index (Phi) is 8.30. The Bertz CT molecular complexity index is 1010. The summed E-state index contributed by atoms with van der Waals surface area (Å²) in [5.41, 5.74) is 0.846. The predicted molar refractivity (Wildman–Crippen MR) is 117 cm³/mol. The zero-order valence-corrected chi connectivity index (χ0v) is 18.8. The number of hydrogen-bond donors (Lipinski definition) is 1. The smallest absolute Gasteiger partial charge is 0.251 e. The van der Waals surface area contributed by atoms with Crippen LogP contribution in [0.3, 0.4) is 0 Å². The van der Waals surface area contributed by atoms with E-state index in [2.05, 4.69) is 5.32 Å². The number of methoxy groups -OCH3 is 1. The van der Waals surface area contributed by atoms with Crippen LogP contribution in [0.5, 0.6) is 5.75 Å². The summed E-state index contributed by atoms with van der Waals surface area (Å²) in [4.78, 5) is 12.5. The molecule has 0 radical (unpaired) electrons. The number of nitrogens with one attached hydrogen (secondary N) is 1. The fourth-order valence-corrected chi connectivity index (χ4v) is 5.52. The average Bonchev–Trinajstić information content (AvgIpc) is 2.80. The summed E-state index contributed by atoms with van der Waals surface area (Å²) in [6.45, 7) is 1.52. The van der Waals surface area contributed by atoms with E-state index < -0.39 is 10.0 Å². The number of hydrogen-bond acceptors (Lipinski definition) is 6. The molecule has 1 heterocycles. The number of morpholine rings is 1. The molecule has 0 unspecified atom stereocenters. The number of carbonyl (C=O) groups excluding carboxylic acids is 1. The Morgan fingerprint density at radius 3 is 2.68 bits per heavy atom. The SMILES string of the molecule is COc1ccc(C(=O)NCCSCc2ccccc2F)cc1S(=O)(=O)N1CCOCC1. The Morgan fingerprint density at radius 1 is 1.23 bits per heavy atom.